The summed E-state index contributed by atoms with van der Waals surface area (Å²) in [6, 6.07) is 5.88. The van der Waals surface area contributed by atoms with Crippen molar-refractivity contribution in [3.05, 3.63) is 29.3 Å². The number of aryl methyl sites for hydroxylation is 1. The summed E-state index contributed by atoms with van der Waals surface area (Å²) in [5.41, 5.74) is 1.75. The van der Waals surface area contributed by atoms with E-state index >= 15 is 0 Å². The summed E-state index contributed by atoms with van der Waals surface area (Å²) in [4.78, 5) is 11.7. The van der Waals surface area contributed by atoms with Crippen LogP contribution in [0, 0.1) is 12.8 Å². The van der Waals surface area contributed by atoms with Gasteiger partial charge in [0.25, 0.3) is 0 Å². The van der Waals surface area contributed by atoms with E-state index in [4.69, 9.17) is 9.47 Å². The smallest absolute Gasteiger partial charge is 0.313 e. The summed E-state index contributed by atoms with van der Waals surface area (Å²) in [5, 5.41) is 0. The fourth-order valence-corrected chi connectivity index (χ4v) is 1.64. The lowest BCUT2D eigenvalue weighted by Gasteiger charge is -2.14. The average molecular weight is 234 g/mol. The van der Waals surface area contributed by atoms with E-state index in [0.29, 0.717) is 12.4 Å². The summed E-state index contributed by atoms with van der Waals surface area (Å²) in [7, 11) is 0. The highest BCUT2D eigenvalue weighted by Crippen LogP contribution is 2.43. The first-order chi connectivity index (χ1) is 7.92. The summed E-state index contributed by atoms with van der Waals surface area (Å²) < 4.78 is 10.8. The van der Waals surface area contributed by atoms with Gasteiger partial charge < -0.3 is 9.47 Å². The Hall–Kier alpha value is -1.35. The third kappa shape index (κ3) is 2.50. The second kappa shape index (κ2) is 4.15. The third-order valence-corrected chi connectivity index (χ3v) is 2.97. The van der Waals surface area contributed by atoms with Gasteiger partial charge >= 0.3 is 5.97 Å². The minimum atomic E-state index is -0.277. The molecule has 17 heavy (non-hydrogen) atoms. The number of esters is 1. The molecule has 92 valence electrons. The summed E-state index contributed by atoms with van der Waals surface area (Å²) in [6.45, 7) is 8.32. The van der Waals surface area contributed by atoms with Gasteiger partial charge in [-0.25, -0.2) is 0 Å². The van der Waals surface area contributed by atoms with Gasteiger partial charge in [-0.15, -0.1) is 0 Å². The molecule has 1 saturated heterocycles. The molecule has 2 rings (SSSR count). The van der Waals surface area contributed by atoms with Crippen LogP contribution in [0.1, 0.15) is 31.9 Å². The lowest BCUT2D eigenvalue weighted by molar-refractivity contribution is -0.137. The van der Waals surface area contributed by atoms with Gasteiger partial charge in [0.15, 0.2) is 0 Å². The van der Waals surface area contributed by atoms with E-state index in [0.717, 1.165) is 11.1 Å². The van der Waals surface area contributed by atoms with Crippen molar-refractivity contribution in [2.45, 2.75) is 33.3 Å². The highest BCUT2D eigenvalue weighted by Gasteiger charge is 2.43. The molecule has 0 N–H and O–H groups in total. The molecule has 1 atom stereocenters. The highest BCUT2D eigenvalue weighted by molar-refractivity contribution is 5.75. The van der Waals surface area contributed by atoms with Crippen molar-refractivity contribution in [1.82, 2.24) is 0 Å². The zero-order valence-electron chi connectivity index (χ0n) is 10.7. The van der Waals surface area contributed by atoms with Gasteiger partial charge in [0.2, 0.25) is 0 Å². The molecular weight excluding hydrogens is 216 g/mol. The van der Waals surface area contributed by atoms with Crippen LogP contribution in [0.25, 0.3) is 0 Å². The fourth-order valence-electron chi connectivity index (χ4n) is 1.64. The molecule has 1 aromatic carbocycles. The molecule has 1 aliphatic heterocycles. The number of rotatable bonds is 3. The predicted molar refractivity (Wildman–Crippen MR) is 65.0 cm³/mol. The second-order valence-electron chi connectivity index (χ2n) is 5.09. The van der Waals surface area contributed by atoms with Crippen molar-refractivity contribution in [2.24, 2.45) is 5.92 Å². The molecule has 1 fully saturated rings. The van der Waals surface area contributed by atoms with Crippen molar-refractivity contribution < 1.29 is 14.3 Å². The Morgan fingerprint density at radius 1 is 1.47 bits per heavy atom. The fraction of sp³-hybridized carbons (Fsp3) is 0.500. The number of epoxide rings is 1. The Balaban J connectivity index is 2.31. The largest absolute Gasteiger partial charge is 0.426 e. The van der Waals surface area contributed by atoms with Crippen LogP contribution in [0.2, 0.25) is 0 Å². The molecule has 0 saturated carbocycles. The van der Waals surface area contributed by atoms with E-state index in [1.54, 1.807) is 0 Å². The Morgan fingerprint density at radius 2 is 2.12 bits per heavy atom. The van der Waals surface area contributed by atoms with Crippen molar-refractivity contribution >= 4 is 5.97 Å². The number of hydrogen-bond donors (Lipinski definition) is 0. The molecule has 0 bridgehead atoms. The topological polar surface area (TPSA) is 38.8 Å². The first-order valence-corrected chi connectivity index (χ1v) is 5.89. The summed E-state index contributed by atoms with van der Waals surface area (Å²) in [6.07, 6.45) is 0. The van der Waals surface area contributed by atoms with Crippen LogP contribution in [-0.4, -0.2) is 12.6 Å². The van der Waals surface area contributed by atoms with Crippen LogP contribution in [0.4, 0.5) is 0 Å². The first-order valence-electron chi connectivity index (χ1n) is 5.89. The van der Waals surface area contributed by atoms with Gasteiger partial charge in [-0.05, 0) is 25.5 Å². The molecule has 0 radical (unpaired) electrons. The maximum atomic E-state index is 11.7. The Morgan fingerprint density at radius 3 is 2.65 bits per heavy atom. The highest BCUT2D eigenvalue weighted by atomic mass is 16.6. The molecule has 1 aromatic rings. The van der Waals surface area contributed by atoms with Crippen LogP contribution < -0.4 is 4.74 Å². The van der Waals surface area contributed by atoms with Crippen molar-refractivity contribution in [3.8, 4) is 5.75 Å². The van der Waals surface area contributed by atoms with Gasteiger partial charge in [0, 0.05) is 5.56 Å². The standard InChI is InChI=1S/C14H18O3/c1-9(2)13(15)17-12-7-10(3)5-6-11(12)14(4)8-16-14/h5-7,9H,8H2,1-4H3. The number of ether oxygens (including phenoxy) is 2. The van der Waals surface area contributed by atoms with Crippen LogP contribution in [0.15, 0.2) is 18.2 Å². The average Bonchev–Trinajstić information content (AvgIpc) is 2.97. The van der Waals surface area contributed by atoms with E-state index < -0.39 is 0 Å². The molecule has 1 unspecified atom stereocenters. The first kappa shape index (κ1) is 12.1. The lowest BCUT2D eigenvalue weighted by Crippen LogP contribution is -2.17. The third-order valence-electron chi connectivity index (χ3n) is 2.97. The molecule has 3 heteroatoms. The lowest BCUT2D eigenvalue weighted by atomic mass is 9.99. The van der Waals surface area contributed by atoms with Crippen LogP contribution in [-0.2, 0) is 15.1 Å². The number of hydrogen-bond acceptors (Lipinski definition) is 3. The van der Waals surface area contributed by atoms with Gasteiger partial charge in [-0.3, -0.25) is 4.79 Å². The predicted octanol–water partition coefficient (Wildman–Crippen LogP) is 2.80. The van der Waals surface area contributed by atoms with Crippen molar-refractivity contribution in [3.63, 3.8) is 0 Å². The second-order valence-corrected chi connectivity index (χ2v) is 5.09. The van der Waals surface area contributed by atoms with Gasteiger partial charge in [-0.1, -0.05) is 26.0 Å². The maximum Gasteiger partial charge on any atom is 0.313 e. The Kier molecular flexibility index (Phi) is 2.96. The van der Waals surface area contributed by atoms with Crippen LogP contribution in [0.5, 0.6) is 5.75 Å². The molecular formula is C14H18O3. The maximum absolute atomic E-state index is 11.7. The molecule has 0 aromatic heterocycles. The van der Waals surface area contributed by atoms with Gasteiger partial charge in [-0.2, -0.15) is 0 Å². The van der Waals surface area contributed by atoms with E-state index in [2.05, 4.69) is 0 Å². The van der Waals surface area contributed by atoms with E-state index in [-0.39, 0.29) is 17.5 Å². The SMILES string of the molecule is Cc1ccc(C2(C)CO2)c(OC(=O)C(C)C)c1. The zero-order chi connectivity index (χ0) is 12.6. The molecule has 3 nitrogen and oxygen atoms in total. The molecule has 1 aliphatic rings. The van der Waals surface area contributed by atoms with Crippen molar-refractivity contribution in [2.75, 3.05) is 6.61 Å². The number of carbonyl (C=O) groups excluding carboxylic acids is 1. The van der Waals surface area contributed by atoms with E-state index in [1.165, 1.54) is 0 Å². The Labute approximate surface area is 102 Å². The number of carbonyl (C=O) groups is 1. The van der Waals surface area contributed by atoms with Crippen molar-refractivity contribution in [1.29, 1.82) is 0 Å². The summed E-state index contributed by atoms with van der Waals surface area (Å²) in [5.74, 6) is 0.293. The monoisotopic (exact) mass is 234 g/mol. The Bertz CT molecular complexity index is 445. The van der Waals surface area contributed by atoms with Crippen LogP contribution in [0.3, 0.4) is 0 Å². The summed E-state index contributed by atoms with van der Waals surface area (Å²) >= 11 is 0. The van der Waals surface area contributed by atoms with E-state index in [9.17, 15) is 4.79 Å². The van der Waals surface area contributed by atoms with Gasteiger partial charge in [0.1, 0.15) is 11.4 Å². The minimum absolute atomic E-state index is 0.128. The van der Waals surface area contributed by atoms with E-state index in [1.807, 2.05) is 45.9 Å². The normalized spacial score (nSPS) is 22.6. The van der Waals surface area contributed by atoms with Crippen LogP contribution >= 0.6 is 0 Å². The number of benzene rings is 1. The van der Waals surface area contributed by atoms with Gasteiger partial charge in [0.05, 0.1) is 12.5 Å². The quantitative estimate of drug-likeness (QED) is 0.458. The zero-order valence-corrected chi connectivity index (χ0v) is 10.7. The minimum Gasteiger partial charge on any atom is -0.426 e. The molecule has 0 amide bonds. The molecule has 0 aliphatic carbocycles. The molecule has 1 heterocycles. The molecule has 0 spiro atoms.